The number of piperazine rings is 1. The van der Waals surface area contributed by atoms with Crippen molar-refractivity contribution < 1.29 is 0 Å². The molecule has 1 aliphatic rings. The maximum atomic E-state index is 8.83. The van der Waals surface area contributed by atoms with Crippen LogP contribution in [0.15, 0.2) is 11.8 Å². The van der Waals surface area contributed by atoms with Gasteiger partial charge in [-0.1, -0.05) is 13.0 Å². The van der Waals surface area contributed by atoms with Crippen LogP contribution in [0.2, 0.25) is 0 Å². The third-order valence-corrected chi connectivity index (χ3v) is 1.97. The predicted octanol–water partition coefficient (Wildman–Crippen LogP) is 0.709. The van der Waals surface area contributed by atoms with Gasteiger partial charge in [0.15, 0.2) is 0 Å². The van der Waals surface area contributed by atoms with Crippen LogP contribution in [0.3, 0.4) is 0 Å². The first-order chi connectivity index (χ1) is 5.88. The largest absolute Gasteiger partial charge is 0.361 e. The Balaban J connectivity index is 2.53. The third kappa shape index (κ3) is 2.24. The van der Waals surface area contributed by atoms with Gasteiger partial charge in [-0.05, 0) is 6.42 Å². The number of hydrogen-bond acceptors (Lipinski definition) is 3. The van der Waals surface area contributed by atoms with Crippen LogP contribution < -0.4 is 5.32 Å². The standard InChI is InChI=1S/C9H15N3/c1-2-3-9(8-10)12-6-4-11-5-7-12/h3,11H,2,4-7H2,1H3. The molecule has 0 saturated carbocycles. The summed E-state index contributed by atoms with van der Waals surface area (Å²) in [6, 6.07) is 2.23. The fourth-order valence-corrected chi connectivity index (χ4v) is 1.34. The molecule has 0 radical (unpaired) electrons. The number of nitriles is 1. The first kappa shape index (κ1) is 9.08. The molecular weight excluding hydrogens is 150 g/mol. The van der Waals surface area contributed by atoms with Crippen molar-refractivity contribution in [1.29, 1.82) is 5.26 Å². The molecule has 3 heteroatoms. The van der Waals surface area contributed by atoms with Gasteiger partial charge < -0.3 is 10.2 Å². The van der Waals surface area contributed by atoms with Gasteiger partial charge >= 0.3 is 0 Å². The first-order valence-corrected chi connectivity index (χ1v) is 4.44. The van der Waals surface area contributed by atoms with Gasteiger partial charge in [0, 0.05) is 26.2 Å². The smallest absolute Gasteiger partial charge is 0.117 e. The van der Waals surface area contributed by atoms with Gasteiger partial charge in [-0.25, -0.2) is 0 Å². The van der Waals surface area contributed by atoms with Crippen LogP contribution in [0, 0.1) is 11.3 Å². The highest BCUT2D eigenvalue weighted by molar-refractivity contribution is 5.19. The molecule has 0 aromatic rings. The van der Waals surface area contributed by atoms with E-state index in [4.69, 9.17) is 5.26 Å². The third-order valence-electron chi connectivity index (χ3n) is 1.97. The molecule has 0 unspecified atom stereocenters. The van der Waals surface area contributed by atoms with Crippen molar-refractivity contribution >= 4 is 0 Å². The molecule has 66 valence electrons. The molecule has 3 nitrogen and oxygen atoms in total. The van der Waals surface area contributed by atoms with Gasteiger partial charge in [0.05, 0.1) is 0 Å². The maximum absolute atomic E-state index is 8.83. The van der Waals surface area contributed by atoms with E-state index in [2.05, 4.69) is 23.2 Å². The summed E-state index contributed by atoms with van der Waals surface area (Å²) in [5.41, 5.74) is 0.832. The number of nitrogens with zero attached hydrogens (tertiary/aromatic N) is 2. The summed E-state index contributed by atoms with van der Waals surface area (Å²) >= 11 is 0. The fraction of sp³-hybridized carbons (Fsp3) is 0.667. The Morgan fingerprint density at radius 3 is 2.75 bits per heavy atom. The van der Waals surface area contributed by atoms with E-state index in [0.29, 0.717) is 0 Å². The SMILES string of the molecule is CCC=C(C#N)N1CCNCC1. The first-order valence-electron chi connectivity index (χ1n) is 4.44. The van der Waals surface area contributed by atoms with Crippen molar-refractivity contribution in [2.24, 2.45) is 0 Å². The summed E-state index contributed by atoms with van der Waals surface area (Å²) in [4.78, 5) is 2.14. The molecule has 0 spiro atoms. The molecule has 0 atom stereocenters. The van der Waals surface area contributed by atoms with E-state index in [1.807, 2.05) is 6.08 Å². The normalized spacial score (nSPS) is 19.0. The number of rotatable bonds is 2. The van der Waals surface area contributed by atoms with E-state index in [0.717, 1.165) is 38.3 Å². The van der Waals surface area contributed by atoms with E-state index >= 15 is 0 Å². The average Bonchev–Trinajstić information content (AvgIpc) is 2.15. The molecule has 0 aliphatic carbocycles. The van der Waals surface area contributed by atoms with E-state index < -0.39 is 0 Å². The van der Waals surface area contributed by atoms with Crippen LogP contribution in [0.4, 0.5) is 0 Å². The summed E-state index contributed by atoms with van der Waals surface area (Å²) < 4.78 is 0. The Labute approximate surface area is 73.7 Å². The van der Waals surface area contributed by atoms with Gasteiger partial charge in [0.2, 0.25) is 0 Å². The van der Waals surface area contributed by atoms with Crippen molar-refractivity contribution in [3.05, 3.63) is 11.8 Å². The molecule has 1 N–H and O–H groups in total. The molecule has 0 amide bonds. The summed E-state index contributed by atoms with van der Waals surface area (Å²) in [5.74, 6) is 0. The van der Waals surface area contributed by atoms with Crippen molar-refractivity contribution in [2.45, 2.75) is 13.3 Å². The molecule has 1 fully saturated rings. The quantitative estimate of drug-likeness (QED) is 0.612. The fourth-order valence-electron chi connectivity index (χ4n) is 1.34. The lowest BCUT2D eigenvalue weighted by Crippen LogP contribution is -2.42. The molecule has 1 saturated heterocycles. The lowest BCUT2D eigenvalue weighted by molar-refractivity contribution is 0.308. The van der Waals surface area contributed by atoms with Crippen LogP contribution in [0.1, 0.15) is 13.3 Å². The van der Waals surface area contributed by atoms with Gasteiger partial charge in [-0.15, -0.1) is 0 Å². The van der Waals surface area contributed by atoms with E-state index in [1.54, 1.807) is 0 Å². The Kier molecular flexibility index (Phi) is 3.62. The minimum Gasteiger partial charge on any atom is -0.361 e. The monoisotopic (exact) mass is 165 g/mol. The van der Waals surface area contributed by atoms with Crippen molar-refractivity contribution in [1.82, 2.24) is 10.2 Å². The maximum Gasteiger partial charge on any atom is 0.117 e. The average molecular weight is 165 g/mol. The highest BCUT2D eigenvalue weighted by atomic mass is 15.2. The molecule has 1 rings (SSSR count). The second-order valence-electron chi connectivity index (χ2n) is 2.85. The van der Waals surface area contributed by atoms with E-state index in [-0.39, 0.29) is 0 Å². The number of allylic oxidation sites excluding steroid dienone is 2. The van der Waals surface area contributed by atoms with E-state index in [1.165, 1.54) is 0 Å². The Bertz CT molecular complexity index is 196. The summed E-state index contributed by atoms with van der Waals surface area (Å²) in [6.07, 6.45) is 2.93. The summed E-state index contributed by atoms with van der Waals surface area (Å²) in [6.45, 7) is 5.95. The molecule has 0 bridgehead atoms. The molecular formula is C9H15N3. The second kappa shape index (κ2) is 4.78. The van der Waals surface area contributed by atoms with Crippen molar-refractivity contribution in [3.63, 3.8) is 0 Å². The molecule has 1 heterocycles. The highest BCUT2D eigenvalue weighted by Gasteiger charge is 2.11. The molecule has 12 heavy (non-hydrogen) atoms. The number of nitrogens with one attached hydrogen (secondary N) is 1. The van der Waals surface area contributed by atoms with Crippen LogP contribution in [0.5, 0.6) is 0 Å². The zero-order valence-electron chi connectivity index (χ0n) is 7.51. The summed E-state index contributed by atoms with van der Waals surface area (Å²) in [7, 11) is 0. The van der Waals surface area contributed by atoms with Crippen LogP contribution >= 0.6 is 0 Å². The zero-order chi connectivity index (χ0) is 8.81. The Morgan fingerprint density at radius 1 is 1.58 bits per heavy atom. The van der Waals surface area contributed by atoms with E-state index in [9.17, 15) is 0 Å². The number of hydrogen-bond donors (Lipinski definition) is 1. The molecule has 1 aliphatic heterocycles. The zero-order valence-corrected chi connectivity index (χ0v) is 7.51. The van der Waals surface area contributed by atoms with Gasteiger partial charge in [0.1, 0.15) is 11.8 Å². The Hall–Kier alpha value is -1.01. The van der Waals surface area contributed by atoms with Crippen molar-refractivity contribution in [2.75, 3.05) is 26.2 Å². The van der Waals surface area contributed by atoms with Gasteiger partial charge in [0.25, 0.3) is 0 Å². The van der Waals surface area contributed by atoms with Gasteiger partial charge in [-0.2, -0.15) is 5.26 Å². The lowest BCUT2D eigenvalue weighted by Gasteiger charge is -2.28. The topological polar surface area (TPSA) is 39.1 Å². The highest BCUT2D eigenvalue weighted by Crippen LogP contribution is 2.05. The van der Waals surface area contributed by atoms with Crippen LogP contribution in [-0.4, -0.2) is 31.1 Å². The lowest BCUT2D eigenvalue weighted by atomic mass is 10.3. The van der Waals surface area contributed by atoms with Gasteiger partial charge in [-0.3, -0.25) is 0 Å². The predicted molar refractivity (Wildman–Crippen MR) is 48.4 cm³/mol. The van der Waals surface area contributed by atoms with Crippen molar-refractivity contribution in [3.8, 4) is 6.07 Å². The summed E-state index contributed by atoms with van der Waals surface area (Å²) in [5, 5.41) is 12.1. The molecule has 0 aromatic heterocycles. The molecule has 0 aromatic carbocycles. The second-order valence-corrected chi connectivity index (χ2v) is 2.85. The minimum absolute atomic E-state index is 0.832. The van der Waals surface area contributed by atoms with Crippen LogP contribution in [-0.2, 0) is 0 Å². The minimum atomic E-state index is 0.832. The van der Waals surface area contributed by atoms with Crippen LogP contribution in [0.25, 0.3) is 0 Å². The Morgan fingerprint density at radius 2 is 2.25 bits per heavy atom.